The van der Waals surface area contributed by atoms with Gasteiger partial charge in [-0.05, 0) is 30.5 Å². The minimum absolute atomic E-state index is 0.00604. The molecule has 1 aliphatic rings. The van der Waals surface area contributed by atoms with Gasteiger partial charge >= 0.3 is 6.18 Å². The number of aryl methyl sites for hydroxylation is 1. The molecule has 0 unspecified atom stereocenters. The Kier molecular flexibility index (Phi) is 3.30. The Morgan fingerprint density at radius 3 is 2.42 bits per heavy atom. The highest BCUT2D eigenvalue weighted by Gasteiger charge is 2.35. The SMILES string of the molecule is O=C1CCCc2cc(F)c(C(F)(F)F)cc2NC1=O. The van der Waals surface area contributed by atoms with Gasteiger partial charge in [-0.25, -0.2) is 4.39 Å². The minimum Gasteiger partial charge on any atom is -0.319 e. The topological polar surface area (TPSA) is 46.2 Å². The van der Waals surface area contributed by atoms with Crippen LogP contribution in [0.2, 0.25) is 0 Å². The van der Waals surface area contributed by atoms with E-state index in [1.54, 1.807) is 0 Å². The van der Waals surface area contributed by atoms with Crippen molar-refractivity contribution >= 4 is 17.4 Å². The first-order valence-corrected chi connectivity index (χ1v) is 5.53. The molecule has 0 saturated carbocycles. The molecule has 2 rings (SSSR count). The largest absolute Gasteiger partial charge is 0.419 e. The van der Waals surface area contributed by atoms with Gasteiger partial charge in [0.05, 0.1) is 5.56 Å². The maximum absolute atomic E-state index is 13.4. The monoisotopic (exact) mass is 275 g/mol. The van der Waals surface area contributed by atoms with Gasteiger partial charge in [-0.2, -0.15) is 13.2 Å². The van der Waals surface area contributed by atoms with Crippen molar-refractivity contribution in [2.45, 2.75) is 25.4 Å². The number of anilines is 1. The number of alkyl halides is 3. The molecule has 1 heterocycles. The van der Waals surface area contributed by atoms with Gasteiger partial charge in [-0.1, -0.05) is 0 Å². The van der Waals surface area contributed by atoms with Crippen molar-refractivity contribution in [3.63, 3.8) is 0 Å². The van der Waals surface area contributed by atoms with Gasteiger partial charge in [0.25, 0.3) is 5.91 Å². The molecule has 1 N–H and O–H groups in total. The summed E-state index contributed by atoms with van der Waals surface area (Å²) in [6.07, 6.45) is -4.33. The first kappa shape index (κ1) is 13.5. The van der Waals surface area contributed by atoms with Crippen LogP contribution in [0.1, 0.15) is 24.0 Å². The lowest BCUT2D eigenvalue weighted by Crippen LogP contribution is -2.25. The number of rotatable bonds is 0. The predicted molar refractivity (Wildman–Crippen MR) is 58.0 cm³/mol. The van der Waals surface area contributed by atoms with Crippen LogP contribution in [0.5, 0.6) is 0 Å². The second kappa shape index (κ2) is 4.64. The van der Waals surface area contributed by atoms with Gasteiger partial charge < -0.3 is 5.32 Å². The molecule has 19 heavy (non-hydrogen) atoms. The number of benzene rings is 1. The molecule has 0 atom stereocenters. The zero-order valence-corrected chi connectivity index (χ0v) is 9.60. The number of carbonyl (C=O) groups is 2. The molecule has 0 aliphatic carbocycles. The fourth-order valence-corrected chi connectivity index (χ4v) is 1.90. The first-order valence-electron chi connectivity index (χ1n) is 5.53. The van der Waals surface area contributed by atoms with Gasteiger partial charge in [0.15, 0.2) is 0 Å². The fourth-order valence-electron chi connectivity index (χ4n) is 1.90. The third-order valence-corrected chi connectivity index (χ3v) is 2.85. The summed E-state index contributed by atoms with van der Waals surface area (Å²) < 4.78 is 51.0. The number of Topliss-reactive ketones (excluding diaryl/α,β-unsaturated/α-hetero) is 1. The quantitative estimate of drug-likeness (QED) is 0.584. The van der Waals surface area contributed by atoms with E-state index in [1.807, 2.05) is 0 Å². The van der Waals surface area contributed by atoms with Crippen LogP contribution in [0.25, 0.3) is 0 Å². The second-order valence-corrected chi connectivity index (χ2v) is 4.22. The van der Waals surface area contributed by atoms with Gasteiger partial charge in [-0.3, -0.25) is 9.59 Å². The van der Waals surface area contributed by atoms with Crippen LogP contribution in [-0.4, -0.2) is 11.7 Å². The third kappa shape index (κ3) is 2.74. The van der Waals surface area contributed by atoms with Gasteiger partial charge in [0.2, 0.25) is 5.78 Å². The number of amides is 1. The van der Waals surface area contributed by atoms with Crippen molar-refractivity contribution in [1.29, 1.82) is 0 Å². The summed E-state index contributed by atoms with van der Waals surface area (Å²) in [5, 5.41) is 2.10. The summed E-state index contributed by atoms with van der Waals surface area (Å²) in [5.41, 5.74) is -1.36. The van der Waals surface area contributed by atoms with E-state index in [4.69, 9.17) is 0 Å². The van der Waals surface area contributed by atoms with Crippen LogP contribution in [-0.2, 0) is 22.2 Å². The minimum atomic E-state index is -4.85. The molecule has 0 bridgehead atoms. The number of nitrogens with one attached hydrogen (secondary N) is 1. The first-order chi connectivity index (χ1) is 8.79. The van der Waals surface area contributed by atoms with E-state index in [-0.39, 0.29) is 24.1 Å². The second-order valence-electron chi connectivity index (χ2n) is 4.22. The number of hydrogen-bond donors (Lipinski definition) is 1. The fraction of sp³-hybridized carbons (Fsp3) is 0.333. The van der Waals surface area contributed by atoms with E-state index in [2.05, 4.69) is 5.32 Å². The summed E-state index contributed by atoms with van der Waals surface area (Å²) in [5.74, 6) is -3.04. The summed E-state index contributed by atoms with van der Waals surface area (Å²) in [6.45, 7) is 0. The van der Waals surface area contributed by atoms with Crippen LogP contribution in [0.15, 0.2) is 12.1 Å². The van der Waals surface area contributed by atoms with Gasteiger partial charge in [0.1, 0.15) is 5.82 Å². The Labute approximate surface area is 105 Å². The smallest absolute Gasteiger partial charge is 0.319 e. The summed E-state index contributed by atoms with van der Waals surface area (Å²) in [6, 6.07) is 1.29. The molecule has 1 aromatic carbocycles. The van der Waals surface area contributed by atoms with Crippen LogP contribution in [0.4, 0.5) is 23.2 Å². The number of hydrogen-bond acceptors (Lipinski definition) is 2. The summed E-state index contributed by atoms with van der Waals surface area (Å²) in [4.78, 5) is 22.6. The lowest BCUT2D eigenvalue weighted by molar-refractivity contribution is -0.140. The molecule has 0 fully saturated rings. The Bertz CT molecular complexity index is 551. The van der Waals surface area contributed by atoms with Crippen LogP contribution < -0.4 is 5.32 Å². The number of halogens is 4. The molecule has 0 radical (unpaired) electrons. The summed E-state index contributed by atoms with van der Waals surface area (Å²) in [7, 11) is 0. The van der Waals surface area contributed by atoms with Crippen LogP contribution in [0, 0.1) is 5.82 Å². The van der Waals surface area contributed by atoms with Crippen LogP contribution >= 0.6 is 0 Å². The highest BCUT2D eigenvalue weighted by Crippen LogP contribution is 2.35. The zero-order chi connectivity index (χ0) is 14.2. The van der Waals surface area contributed by atoms with Crippen molar-refractivity contribution in [3.8, 4) is 0 Å². The average Bonchev–Trinajstić information content (AvgIpc) is 2.28. The van der Waals surface area contributed by atoms with Crippen molar-refractivity contribution in [2.24, 2.45) is 0 Å². The normalized spacial score (nSPS) is 16.4. The molecular weight excluding hydrogens is 266 g/mol. The Morgan fingerprint density at radius 1 is 1.11 bits per heavy atom. The van der Waals surface area contributed by atoms with E-state index in [0.29, 0.717) is 12.5 Å². The van der Waals surface area contributed by atoms with E-state index < -0.39 is 29.2 Å². The maximum atomic E-state index is 13.4. The standard InChI is InChI=1S/C12H9F4NO2/c13-8-4-6-2-1-3-10(18)11(19)17-9(6)5-7(8)12(14,15)16/h4-5H,1-3H2,(H,17,19). The lowest BCUT2D eigenvalue weighted by Gasteiger charge is -2.17. The highest BCUT2D eigenvalue weighted by molar-refractivity contribution is 6.40. The van der Waals surface area contributed by atoms with E-state index in [9.17, 15) is 27.2 Å². The zero-order valence-electron chi connectivity index (χ0n) is 9.60. The Hall–Kier alpha value is -1.92. The molecule has 1 amide bonds. The molecule has 3 nitrogen and oxygen atoms in total. The highest BCUT2D eigenvalue weighted by atomic mass is 19.4. The number of ketones is 1. The predicted octanol–water partition coefficient (Wildman–Crippen LogP) is 2.69. The molecule has 0 spiro atoms. The molecule has 102 valence electrons. The Morgan fingerprint density at radius 2 is 1.79 bits per heavy atom. The van der Waals surface area contributed by atoms with Crippen molar-refractivity contribution in [2.75, 3.05) is 5.32 Å². The van der Waals surface area contributed by atoms with Crippen molar-refractivity contribution in [1.82, 2.24) is 0 Å². The number of carbonyl (C=O) groups excluding carboxylic acids is 2. The van der Waals surface area contributed by atoms with E-state index in [1.165, 1.54) is 0 Å². The van der Waals surface area contributed by atoms with Gasteiger partial charge in [0, 0.05) is 12.1 Å². The maximum Gasteiger partial charge on any atom is 0.419 e. The summed E-state index contributed by atoms with van der Waals surface area (Å²) >= 11 is 0. The molecule has 1 aromatic rings. The average molecular weight is 275 g/mol. The molecular formula is C12H9F4NO2. The van der Waals surface area contributed by atoms with Crippen molar-refractivity contribution < 1.29 is 27.2 Å². The molecule has 0 saturated heterocycles. The molecule has 0 aromatic heterocycles. The van der Waals surface area contributed by atoms with E-state index >= 15 is 0 Å². The van der Waals surface area contributed by atoms with E-state index in [0.717, 1.165) is 6.07 Å². The van der Waals surface area contributed by atoms with Crippen LogP contribution in [0.3, 0.4) is 0 Å². The number of fused-ring (bicyclic) bond motifs is 1. The molecule has 1 aliphatic heterocycles. The molecule has 7 heteroatoms. The van der Waals surface area contributed by atoms with Gasteiger partial charge in [-0.15, -0.1) is 0 Å². The van der Waals surface area contributed by atoms with Crippen molar-refractivity contribution in [3.05, 3.63) is 29.1 Å². The third-order valence-electron chi connectivity index (χ3n) is 2.85. The Balaban J connectivity index is 2.50. The lowest BCUT2D eigenvalue weighted by atomic mass is 9.99.